The van der Waals surface area contributed by atoms with E-state index in [9.17, 15) is 9.59 Å². The third kappa shape index (κ3) is 3.72. The Balaban J connectivity index is 1.74. The molecule has 1 aliphatic heterocycles. The minimum Gasteiger partial charge on any atom is -0.392 e. The average Bonchev–Trinajstić information content (AvgIpc) is 3.04. The molecule has 2 amide bonds. The number of nitrogens with one attached hydrogen (secondary N) is 1. The zero-order valence-electron chi connectivity index (χ0n) is 13.4. The minimum atomic E-state index is -0.299. The van der Waals surface area contributed by atoms with Crippen LogP contribution in [0.1, 0.15) is 16.3 Å². The number of imidazole rings is 1. The van der Waals surface area contributed by atoms with Gasteiger partial charge in [-0.15, -0.1) is 0 Å². The third-order valence-corrected chi connectivity index (χ3v) is 4.23. The van der Waals surface area contributed by atoms with Gasteiger partial charge in [0.05, 0.1) is 30.1 Å². The summed E-state index contributed by atoms with van der Waals surface area (Å²) in [5.74, 6) is 0.151. The first kappa shape index (κ1) is 17.2. The molecule has 0 saturated heterocycles. The fourth-order valence-electron chi connectivity index (χ4n) is 2.64. The molecule has 8 heteroatoms. The van der Waals surface area contributed by atoms with Gasteiger partial charge in [0.15, 0.2) is 0 Å². The summed E-state index contributed by atoms with van der Waals surface area (Å²) in [4.78, 5) is 30.4. The molecule has 0 fully saturated rings. The lowest BCUT2D eigenvalue weighted by Crippen LogP contribution is -2.38. The molecule has 0 aliphatic carbocycles. The molecule has 0 saturated carbocycles. The van der Waals surface area contributed by atoms with Gasteiger partial charge < -0.3 is 19.9 Å². The summed E-state index contributed by atoms with van der Waals surface area (Å²) in [6.45, 7) is 1.07. The number of aliphatic hydroxyl groups excluding tert-OH is 1. The molecule has 2 heterocycles. The van der Waals surface area contributed by atoms with E-state index < -0.39 is 0 Å². The van der Waals surface area contributed by atoms with Crippen LogP contribution in [0.5, 0.6) is 0 Å². The van der Waals surface area contributed by atoms with Crippen molar-refractivity contribution in [3.05, 3.63) is 59.2 Å². The molecule has 130 valence electrons. The summed E-state index contributed by atoms with van der Waals surface area (Å²) in [5, 5.41) is 12.0. The van der Waals surface area contributed by atoms with Gasteiger partial charge >= 0.3 is 0 Å². The molecule has 2 aromatic rings. The highest BCUT2D eigenvalue weighted by molar-refractivity contribution is 6.33. The first-order valence-electron chi connectivity index (χ1n) is 7.76. The summed E-state index contributed by atoms with van der Waals surface area (Å²) in [6, 6.07) is 7.00. The van der Waals surface area contributed by atoms with Crippen LogP contribution in [0.15, 0.2) is 42.6 Å². The number of benzene rings is 1. The second kappa shape index (κ2) is 7.50. The molecule has 0 bridgehead atoms. The molecule has 7 nitrogen and oxygen atoms in total. The standard InChI is InChI=1S/C17H17ClN4O3/c18-12-4-1-2-5-13(12)20-17(25)14-10-19-15-11-21(7-8-22(14)15)16(24)6-3-9-23/h1-6,10,23H,7-9,11H2,(H,20,25)/b6-3+. The number of aromatic nitrogens is 2. The first-order chi connectivity index (χ1) is 12.1. The van der Waals surface area contributed by atoms with E-state index in [2.05, 4.69) is 10.3 Å². The first-order valence-corrected chi connectivity index (χ1v) is 8.14. The van der Waals surface area contributed by atoms with Gasteiger partial charge in [-0.25, -0.2) is 4.98 Å². The number of carbonyl (C=O) groups excluding carboxylic acids is 2. The summed E-state index contributed by atoms with van der Waals surface area (Å²) >= 11 is 6.06. The molecule has 0 atom stereocenters. The Hall–Kier alpha value is -2.64. The normalized spacial score (nSPS) is 13.8. The van der Waals surface area contributed by atoms with Gasteiger partial charge in [0.1, 0.15) is 11.5 Å². The van der Waals surface area contributed by atoms with E-state index in [1.807, 2.05) is 0 Å². The Morgan fingerprint density at radius 2 is 2.12 bits per heavy atom. The predicted molar refractivity (Wildman–Crippen MR) is 93.3 cm³/mol. The highest BCUT2D eigenvalue weighted by Crippen LogP contribution is 2.22. The molecule has 1 aliphatic rings. The van der Waals surface area contributed by atoms with Crippen molar-refractivity contribution in [2.75, 3.05) is 18.5 Å². The van der Waals surface area contributed by atoms with Crippen molar-refractivity contribution < 1.29 is 14.7 Å². The molecule has 3 rings (SSSR count). The highest BCUT2D eigenvalue weighted by atomic mass is 35.5. The molecule has 0 spiro atoms. The summed E-state index contributed by atoms with van der Waals surface area (Å²) in [6.07, 6.45) is 4.23. The van der Waals surface area contributed by atoms with Crippen LogP contribution in [-0.2, 0) is 17.9 Å². The van der Waals surface area contributed by atoms with Crippen LogP contribution in [0.2, 0.25) is 5.02 Å². The number of hydrogen-bond donors (Lipinski definition) is 2. The Morgan fingerprint density at radius 3 is 2.88 bits per heavy atom. The molecule has 1 aromatic heterocycles. The van der Waals surface area contributed by atoms with Gasteiger partial charge in [0.2, 0.25) is 5.91 Å². The number of anilines is 1. The summed E-state index contributed by atoms with van der Waals surface area (Å²) < 4.78 is 1.80. The minimum absolute atomic E-state index is 0.180. The maximum atomic E-state index is 12.5. The molecule has 0 radical (unpaired) electrons. The van der Waals surface area contributed by atoms with E-state index in [0.29, 0.717) is 41.9 Å². The number of carbonyl (C=O) groups is 2. The largest absolute Gasteiger partial charge is 0.392 e. The number of hydrogen-bond acceptors (Lipinski definition) is 4. The van der Waals surface area contributed by atoms with E-state index >= 15 is 0 Å². The van der Waals surface area contributed by atoms with Crippen molar-refractivity contribution in [3.63, 3.8) is 0 Å². The van der Waals surface area contributed by atoms with Gasteiger partial charge in [0.25, 0.3) is 5.91 Å². The third-order valence-electron chi connectivity index (χ3n) is 3.90. The Labute approximate surface area is 149 Å². The second-order valence-electron chi connectivity index (χ2n) is 5.49. The monoisotopic (exact) mass is 360 g/mol. The van der Waals surface area contributed by atoms with Crippen LogP contribution in [0, 0.1) is 0 Å². The van der Waals surface area contributed by atoms with Crippen molar-refractivity contribution in [3.8, 4) is 0 Å². The van der Waals surface area contributed by atoms with E-state index in [4.69, 9.17) is 16.7 Å². The van der Waals surface area contributed by atoms with Gasteiger partial charge in [-0.1, -0.05) is 29.8 Å². The number of rotatable bonds is 4. The number of halogens is 1. The van der Waals surface area contributed by atoms with E-state index in [1.54, 1.807) is 33.7 Å². The second-order valence-corrected chi connectivity index (χ2v) is 5.90. The fourth-order valence-corrected chi connectivity index (χ4v) is 2.82. The number of amides is 2. The molecule has 1 aromatic carbocycles. The van der Waals surface area contributed by atoms with Crippen LogP contribution < -0.4 is 5.32 Å². The van der Waals surface area contributed by atoms with Crippen LogP contribution in [0.3, 0.4) is 0 Å². The van der Waals surface area contributed by atoms with Crippen LogP contribution in [0.25, 0.3) is 0 Å². The topological polar surface area (TPSA) is 87.5 Å². The van der Waals surface area contributed by atoms with Crippen molar-refractivity contribution in [2.24, 2.45) is 0 Å². The Bertz CT molecular complexity index is 831. The van der Waals surface area contributed by atoms with E-state index in [0.717, 1.165) is 0 Å². The Morgan fingerprint density at radius 1 is 1.32 bits per heavy atom. The van der Waals surface area contributed by atoms with Gasteiger partial charge in [-0.2, -0.15) is 0 Å². The molecular formula is C17H17ClN4O3. The fraction of sp³-hybridized carbons (Fsp3) is 0.235. The van der Waals surface area contributed by atoms with Gasteiger partial charge in [-0.3, -0.25) is 9.59 Å². The van der Waals surface area contributed by atoms with Crippen LogP contribution in [0.4, 0.5) is 5.69 Å². The quantitative estimate of drug-likeness (QED) is 0.812. The number of fused-ring (bicyclic) bond motifs is 1. The summed E-state index contributed by atoms with van der Waals surface area (Å²) in [5.41, 5.74) is 0.958. The molecule has 0 unspecified atom stereocenters. The smallest absolute Gasteiger partial charge is 0.273 e. The van der Waals surface area contributed by atoms with E-state index in [-0.39, 0.29) is 18.4 Å². The zero-order valence-corrected chi connectivity index (χ0v) is 14.1. The molecule has 2 N–H and O–H groups in total. The number of aliphatic hydroxyl groups is 1. The molecule has 25 heavy (non-hydrogen) atoms. The van der Waals surface area contributed by atoms with Gasteiger partial charge in [-0.05, 0) is 12.1 Å². The lowest BCUT2D eigenvalue weighted by Gasteiger charge is -2.27. The van der Waals surface area contributed by atoms with Crippen molar-refractivity contribution in [1.29, 1.82) is 0 Å². The Kier molecular flexibility index (Phi) is 5.16. The molecular weight excluding hydrogens is 344 g/mol. The lowest BCUT2D eigenvalue weighted by molar-refractivity contribution is -0.127. The summed E-state index contributed by atoms with van der Waals surface area (Å²) in [7, 11) is 0. The number of nitrogens with zero attached hydrogens (tertiary/aromatic N) is 3. The SMILES string of the molecule is O=C(Nc1ccccc1Cl)c1cnc2n1CCN(C(=O)/C=C/CO)C2. The average molecular weight is 361 g/mol. The van der Waals surface area contributed by atoms with E-state index in [1.165, 1.54) is 18.3 Å². The van der Waals surface area contributed by atoms with Crippen molar-refractivity contribution in [2.45, 2.75) is 13.1 Å². The maximum Gasteiger partial charge on any atom is 0.273 e. The maximum absolute atomic E-state index is 12.5. The van der Waals surface area contributed by atoms with Crippen molar-refractivity contribution in [1.82, 2.24) is 14.5 Å². The number of para-hydroxylation sites is 1. The predicted octanol–water partition coefficient (Wildman–Crippen LogP) is 1.68. The zero-order chi connectivity index (χ0) is 17.8. The highest BCUT2D eigenvalue weighted by Gasteiger charge is 2.24. The van der Waals surface area contributed by atoms with Crippen molar-refractivity contribution >= 4 is 29.1 Å². The van der Waals surface area contributed by atoms with Gasteiger partial charge in [0, 0.05) is 19.2 Å². The lowest BCUT2D eigenvalue weighted by atomic mass is 10.3. The van der Waals surface area contributed by atoms with Crippen LogP contribution >= 0.6 is 11.6 Å². The van der Waals surface area contributed by atoms with Crippen LogP contribution in [-0.4, -0.2) is 44.5 Å².